The van der Waals surface area contributed by atoms with Crippen LogP contribution in [0.15, 0.2) is 22.6 Å². The molecule has 0 radical (unpaired) electrons. The average Bonchev–Trinajstić information content (AvgIpc) is 2.96. The molecule has 5 heteroatoms. The molecule has 3 rings (SSSR count). The number of nitrogens with one attached hydrogen (secondary N) is 1. The van der Waals surface area contributed by atoms with Gasteiger partial charge < -0.3 is 20.6 Å². The summed E-state index contributed by atoms with van der Waals surface area (Å²) in [6.07, 6.45) is 3.22. The third-order valence-corrected chi connectivity index (χ3v) is 3.65. The molecule has 1 aromatic carbocycles. The number of rotatable bonds is 3. The number of aromatic nitrogens is 1. The Morgan fingerprint density at radius 2 is 2.33 bits per heavy atom. The summed E-state index contributed by atoms with van der Waals surface area (Å²) < 4.78 is 5.62. The van der Waals surface area contributed by atoms with Gasteiger partial charge >= 0.3 is 0 Å². The number of nitrogens with two attached hydrogens (primary N) is 1. The van der Waals surface area contributed by atoms with E-state index in [0.717, 1.165) is 19.3 Å². The van der Waals surface area contributed by atoms with E-state index in [4.69, 9.17) is 10.2 Å². The fourth-order valence-electron chi connectivity index (χ4n) is 2.64. The van der Waals surface area contributed by atoms with Crippen LogP contribution in [-0.4, -0.2) is 22.7 Å². The third-order valence-electron chi connectivity index (χ3n) is 3.65. The van der Waals surface area contributed by atoms with Crippen molar-refractivity contribution < 1.29 is 9.52 Å². The standard InChI is InChI=1S/C13H17N3O2/c14-9-4-2-6-11-12(9)16-13(18-11)15-10-5-1-3-8(10)7-17/h2,4,6,8,10,17H,1,3,5,7,14H2,(H,15,16). The Hall–Kier alpha value is -1.75. The van der Waals surface area contributed by atoms with Gasteiger partial charge in [0, 0.05) is 18.6 Å². The van der Waals surface area contributed by atoms with Crippen molar-refractivity contribution in [1.29, 1.82) is 0 Å². The number of anilines is 2. The summed E-state index contributed by atoms with van der Waals surface area (Å²) in [6, 6.07) is 6.24. The lowest BCUT2D eigenvalue weighted by Gasteiger charge is -2.17. The molecule has 0 spiro atoms. The van der Waals surface area contributed by atoms with E-state index in [1.807, 2.05) is 12.1 Å². The molecule has 2 atom stereocenters. The van der Waals surface area contributed by atoms with Gasteiger partial charge in [-0.15, -0.1) is 0 Å². The second kappa shape index (κ2) is 4.49. The van der Waals surface area contributed by atoms with Crippen LogP contribution in [0.25, 0.3) is 11.1 Å². The van der Waals surface area contributed by atoms with Gasteiger partial charge in [0.1, 0.15) is 5.52 Å². The van der Waals surface area contributed by atoms with Crippen LogP contribution < -0.4 is 11.1 Å². The highest BCUT2D eigenvalue weighted by Crippen LogP contribution is 2.30. The summed E-state index contributed by atoms with van der Waals surface area (Å²) in [5, 5.41) is 12.6. The van der Waals surface area contributed by atoms with Gasteiger partial charge in [-0.05, 0) is 25.0 Å². The Kier molecular flexibility index (Phi) is 2.83. The molecule has 0 bridgehead atoms. The molecule has 5 nitrogen and oxygen atoms in total. The second-order valence-electron chi connectivity index (χ2n) is 4.84. The molecule has 1 heterocycles. The quantitative estimate of drug-likeness (QED) is 0.722. The number of nitrogen functional groups attached to an aromatic ring is 1. The van der Waals surface area contributed by atoms with E-state index in [1.165, 1.54) is 0 Å². The first kappa shape index (κ1) is 11.3. The van der Waals surface area contributed by atoms with Crippen LogP contribution in [0.1, 0.15) is 19.3 Å². The van der Waals surface area contributed by atoms with Crippen molar-refractivity contribution in [1.82, 2.24) is 4.98 Å². The molecule has 1 fully saturated rings. The molecular formula is C13H17N3O2. The molecule has 0 amide bonds. The minimum atomic E-state index is 0.208. The molecule has 2 unspecified atom stereocenters. The zero-order chi connectivity index (χ0) is 12.5. The minimum Gasteiger partial charge on any atom is -0.423 e. The number of fused-ring (bicyclic) bond motifs is 1. The predicted molar refractivity (Wildman–Crippen MR) is 70.3 cm³/mol. The maximum absolute atomic E-state index is 9.29. The SMILES string of the molecule is Nc1cccc2oc(NC3CCCC3CO)nc12. The van der Waals surface area contributed by atoms with Crippen LogP contribution in [-0.2, 0) is 0 Å². The number of aliphatic hydroxyl groups excluding tert-OH is 1. The van der Waals surface area contributed by atoms with Crippen LogP contribution in [0, 0.1) is 5.92 Å². The molecule has 1 aliphatic carbocycles. The summed E-state index contributed by atoms with van der Waals surface area (Å²) in [5.74, 6) is 0.289. The van der Waals surface area contributed by atoms with Gasteiger partial charge in [-0.2, -0.15) is 4.98 Å². The van der Waals surface area contributed by atoms with Gasteiger partial charge in [-0.3, -0.25) is 0 Å². The lowest BCUT2D eigenvalue weighted by molar-refractivity contribution is 0.222. The van der Waals surface area contributed by atoms with E-state index in [0.29, 0.717) is 22.8 Å². The van der Waals surface area contributed by atoms with E-state index in [1.54, 1.807) is 6.07 Å². The summed E-state index contributed by atoms with van der Waals surface area (Å²) in [5.41, 5.74) is 7.84. The Bertz CT molecular complexity index is 552. The monoisotopic (exact) mass is 247 g/mol. The smallest absolute Gasteiger partial charge is 0.295 e. The normalized spacial score (nSPS) is 23.6. The molecule has 96 valence electrons. The number of benzene rings is 1. The Morgan fingerprint density at radius 3 is 3.11 bits per heavy atom. The molecule has 2 aromatic rings. The minimum absolute atomic E-state index is 0.208. The van der Waals surface area contributed by atoms with Crippen LogP contribution in [0.3, 0.4) is 0 Å². The fourth-order valence-corrected chi connectivity index (χ4v) is 2.64. The van der Waals surface area contributed by atoms with E-state index >= 15 is 0 Å². The molecule has 0 aliphatic heterocycles. The summed E-state index contributed by atoms with van der Waals surface area (Å²) in [7, 11) is 0. The van der Waals surface area contributed by atoms with Crippen molar-refractivity contribution >= 4 is 22.8 Å². The average molecular weight is 247 g/mol. The lowest BCUT2D eigenvalue weighted by Crippen LogP contribution is -2.26. The number of oxazole rings is 1. The first-order valence-corrected chi connectivity index (χ1v) is 6.30. The van der Waals surface area contributed by atoms with E-state index < -0.39 is 0 Å². The topological polar surface area (TPSA) is 84.3 Å². The van der Waals surface area contributed by atoms with Gasteiger partial charge in [0.2, 0.25) is 0 Å². The number of nitrogens with zero attached hydrogens (tertiary/aromatic N) is 1. The maximum Gasteiger partial charge on any atom is 0.295 e. The molecular weight excluding hydrogens is 230 g/mol. The van der Waals surface area contributed by atoms with Crippen LogP contribution in [0.2, 0.25) is 0 Å². The molecule has 1 aliphatic rings. The Morgan fingerprint density at radius 1 is 1.44 bits per heavy atom. The van der Waals surface area contributed by atoms with Crippen molar-refractivity contribution in [3.63, 3.8) is 0 Å². The van der Waals surface area contributed by atoms with Gasteiger partial charge in [0.25, 0.3) is 6.01 Å². The Balaban J connectivity index is 1.84. The lowest BCUT2D eigenvalue weighted by atomic mass is 10.1. The van der Waals surface area contributed by atoms with E-state index in [9.17, 15) is 5.11 Å². The third kappa shape index (κ3) is 1.90. The molecule has 1 aromatic heterocycles. The van der Waals surface area contributed by atoms with Crippen molar-refractivity contribution in [3.05, 3.63) is 18.2 Å². The van der Waals surface area contributed by atoms with Crippen molar-refractivity contribution in [2.24, 2.45) is 5.92 Å². The molecule has 1 saturated carbocycles. The second-order valence-corrected chi connectivity index (χ2v) is 4.84. The Labute approximate surface area is 105 Å². The van der Waals surface area contributed by atoms with Crippen LogP contribution >= 0.6 is 0 Å². The summed E-state index contributed by atoms with van der Waals surface area (Å²) in [6.45, 7) is 0.208. The van der Waals surface area contributed by atoms with Crippen LogP contribution in [0.4, 0.5) is 11.7 Å². The van der Waals surface area contributed by atoms with Gasteiger partial charge in [-0.1, -0.05) is 12.5 Å². The van der Waals surface area contributed by atoms with E-state index in [2.05, 4.69) is 10.3 Å². The highest BCUT2D eigenvalue weighted by molar-refractivity contribution is 5.86. The highest BCUT2D eigenvalue weighted by atomic mass is 16.4. The maximum atomic E-state index is 9.29. The van der Waals surface area contributed by atoms with Crippen molar-refractivity contribution in [2.75, 3.05) is 17.7 Å². The largest absolute Gasteiger partial charge is 0.423 e. The van der Waals surface area contributed by atoms with E-state index in [-0.39, 0.29) is 18.6 Å². The first-order chi connectivity index (χ1) is 8.78. The molecule has 18 heavy (non-hydrogen) atoms. The number of hydrogen-bond acceptors (Lipinski definition) is 5. The van der Waals surface area contributed by atoms with Gasteiger partial charge in [0.05, 0.1) is 5.69 Å². The highest BCUT2D eigenvalue weighted by Gasteiger charge is 2.27. The van der Waals surface area contributed by atoms with Gasteiger partial charge in [0.15, 0.2) is 5.58 Å². The van der Waals surface area contributed by atoms with Crippen molar-refractivity contribution in [3.8, 4) is 0 Å². The number of aliphatic hydroxyl groups is 1. The van der Waals surface area contributed by atoms with Crippen molar-refractivity contribution in [2.45, 2.75) is 25.3 Å². The zero-order valence-corrected chi connectivity index (χ0v) is 10.1. The molecule has 4 N–H and O–H groups in total. The first-order valence-electron chi connectivity index (χ1n) is 6.30. The summed E-state index contributed by atoms with van der Waals surface area (Å²) in [4.78, 5) is 4.36. The number of para-hydroxylation sites is 1. The number of hydrogen-bond donors (Lipinski definition) is 3. The van der Waals surface area contributed by atoms with Crippen LogP contribution in [0.5, 0.6) is 0 Å². The zero-order valence-electron chi connectivity index (χ0n) is 10.1. The predicted octanol–water partition coefficient (Wildman–Crippen LogP) is 1.98. The summed E-state index contributed by atoms with van der Waals surface area (Å²) >= 11 is 0. The molecule has 0 saturated heterocycles. The fraction of sp³-hybridized carbons (Fsp3) is 0.462. The van der Waals surface area contributed by atoms with Gasteiger partial charge in [-0.25, -0.2) is 0 Å².